The van der Waals surface area contributed by atoms with Crippen molar-refractivity contribution in [3.63, 3.8) is 0 Å². The molecule has 4 heteroatoms. The molecule has 1 aliphatic heterocycles. The van der Waals surface area contributed by atoms with Crippen LogP contribution in [0.2, 0.25) is 0 Å². The molecule has 0 bridgehead atoms. The summed E-state index contributed by atoms with van der Waals surface area (Å²) in [6, 6.07) is 7.99. The molecule has 2 amide bonds. The fraction of sp³-hybridized carbons (Fsp3) is 0.308. The van der Waals surface area contributed by atoms with E-state index >= 15 is 0 Å². The van der Waals surface area contributed by atoms with Crippen molar-refractivity contribution in [1.82, 2.24) is 4.90 Å². The predicted octanol–water partition coefficient (Wildman–Crippen LogP) is 1.41. The molecule has 0 N–H and O–H groups in total. The minimum atomic E-state index is -0.708. The number of likely N-dealkylation sites (tertiary alicyclic amines) is 1. The minimum absolute atomic E-state index is 0.200. The second kappa shape index (κ2) is 4.49. The Labute approximate surface area is 99.2 Å². The van der Waals surface area contributed by atoms with Crippen LogP contribution in [0.15, 0.2) is 30.3 Å². The summed E-state index contributed by atoms with van der Waals surface area (Å²) >= 11 is 0. The van der Waals surface area contributed by atoms with Gasteiger partial charge in [-0.1, -0.05) is 30.3 Å². The van der Waals surface area contributed by atoms with Gasteiger partial charge in [-0.05, 0) is 6.92 Å². The average Bonchev–Trinajstić information content (AvgIpc) is 2.68. The molecule has 88 valence electrons. The minimum Gasteiger partial charge on any atom is -0.292 e. The van der Waals surface area contributed by atoms with E-state index in [2.05, 4.69) is 0 Å². The second-order valence-corrected chi connectivity index (χ2v) is 4.06. The zero-order chi connectivity index (χ0) is 12.4. The van der Waals surface area contributed by atoms with Crippen molar-refractivity contribution in [3.05, 3.63) is 35.9 Å². The van der Waals surface area contributed by atoms with E-state index in [1.54, 1.807) is 31.2 Å². The summed E-state index contributed by atoms with van der Waals surface area (Å²) in [4.78, 5) is 36.2. The van der Waals surface area contributed by atoms with Crippen molar-refractivity contribution in [2.75, 3.05) is 0 Å². The summed E-state index contributed by atoms with van der Waals surface area (Å²) in [5.74, 6) is -0.715. The van der Waals surface area contributed by atoms with Crippen molar-refractivity contribution in [1.29, 1.82) is 0 Å². The number of benzene rings is 1. The Morgan fingerprint density at radius 1 is 1.12 bits per heavy atom. The molecule has 0 aromatic heterocycles. The number of amides is 2. The van der Waals surface area contributed by atoms with Gasteiger partial charge >= 0.3 is 0 Å². The molecule has 4 nitrogen and oxygen atoms in total. The number of nitrogens with zero attached hydrogens (tertiary/aromatic N) is 1. The van der Waals surface area contributed by atoms with Crippen molar-refractivity contribution in [2.24, 2.45) is 0 Å². The molecule has 1 aromatic rings. The SMILES string of the molecule is C[C@@H](C(=O)c1ccccc1)N1C(=O)CCC1=O. The third-order valence-corrected chi connectivity index (χ3v) is 2.92. The molecule has 0 radical (unpaired) electrons. The number of carbonyl (C=O) groups excluding carboxylic acids is 3. The van der Waals surface area contributed by atoms with E-state index in [0.29, 0.717) is 5.56 Å². The van der Waals surface area contributed by atoms with Gasteiger partial charge in [-0.2, -0.15) is 0 Å². The van der Waals surface area contributed by atoms with E-state index in [4.69, 9.17) is 0 Å². The highest BCUT2D eigenvalue weighted by atomic mass is 16.2. The maximum Gasteiger partial charge on any atom is 0.230 e. The van der Waals surface area contributed by atoms with Gasteiger partial charge in [0.25, 0.3) is 0 Å². The van der Waals surface area contributed by atoms with E-state index in [-0.39, 0.29) is 30.4 Å². The van der Waals surface area contributed by atoms with E-state index in [1.165, 1.54) is 0 Å². The molecule has 1 fully saturated rings. The van der Waals surface area contributed by atoms with Gasteiger partial charge in [0.2, 0.25) is 11.8 Å². The van der Waals surface area contributed by atoms with E-state index in [9.17, 15) is 14.4 Å². The highest BCUT2D eigenvalue weighted by Gasteiger charge is 2.36. The Morgan fingerprint density at radius 3 is 2.18 bits per heavy atom. The van der Waals surface area contributed by atoms with E-state index < -0.39 is 6.04 Å². The molecule has 1 heterocycles. The molecule has 1 saturated heterocycles. The summed E-state index contributed by atoms with van der Waals surface area (Å²) in [7, 11) is 0. The summed E-state index contributed by atoms with van der Waals surface area (Å²) < 4.78 is 0. The Hall–Kier alpha value is -1.97. The molecule has 1 aromatic carbocycles. The van der Waals surface area contributed by atoms with Gasteiger partial charge in [0.1, 0.15) is 0 Å². The first-order valence-electron chi connectivity index (χ1n) is 5.55. The first kappa shape index (κ1) is 11.5. The summed E-state index contributed by atoms with van der Waals surface area (Å²) in [6.45, 7) is 1.59. The van der Waals surface area contributed by atoms with Gasteiger partial charge in [-0.3, -0.25) is 19.3 Å². The number of rotatable bonds is 3. The number of carbonyl (C=O) groups is 3. The van der Waals surface area contributed by atoms with E-state index in [0.717, 1.165) is 4.90 Å². The normalized spacial score (nSPS) is 17.4. The summed E-state index contributed by atoms with van der Waals surface area (Å²) in [5.41, 5.74) is 0.521. The lowest BCUT2D eigenvalue weighted by atomic mass is 10.0. The summed E-state index contributed by atoms with van der Waals surface area (Å²) in [5, 5.41) is 0. The Morgan fingerprint density at radius 2 is 1.65 bits per heavy atom. The number of ketones is 1. The molecule has 2 rings (SSSR count). The van der Waals surface area contributed by atoms with Crippen molar-refractivity contribution < 1.29 is 14.4 Å². The predicted molar refractivity (Wildman–Crippen MR) is 61.3 cm³/mol. The zero-order valence-electron chi connectivity index (χ0n) is 9.55. The molecule has 17 heavy (non-hydrogen) atoms. The van der Waals surface area contributed by atoms with Crippen LogP contribution in [0.5, 0.6) is 0 Å². The third kappa shape index (κ3) is 2.11. The monoisotopic (exact) mass is 231 g/mol. The van der Waals surface area contributed by atoms with Crippen LogP contribution < -0.4 is 0 Å². The van der Waals surface area contributed by atoms with Crippen LogP contribution in [0, 0.1) is 0 Å². The van der Waals surface area contributed by atoms with Gasteiger partial charge in [-0.25, -0.2) is 0 Å². The lowest BCUT2D eigenvalue weighted by Crippen LogP contribution is -2.42. The number of Topliss-reactive ketones (excluding diaryl/α,β-unsaturated/α-hetero) is 1. The largest absolute Gasteiger partial charge is 0.292 e. The van der Waals surface area contributed by atoms with Crippen molar-refractivity contribution in [2.45, 2.75) is 25.8 Å². The third-order valence-electron chi connectivity index (χ3n) is 2.92. The smallest absolute Gasteiger partial charge is 0.230 e. The lowest BCUT2D eigenvalue weighted by molar-refractivity contribution is -0.139. The Bertz CT molecular complexity index is 451. The van der Waals surface area contributed by atoms with Crippen LogP contribution >= 0.6 is 0 Å². The molecular formula is C13H13NO3. The lowest BCUT2D eigenvalue weighted by Gasteiger charge is -2.21. The van der Waals surface area contributed by atoms with Crippen LogP contribution in [0.1, 0.15) is 30.1 Å². The van der Waals surface area contributed by atoms with Crippen LogP contribution in [0.25, 0.3) is 0 Å². The quantitative estimate of drug-likeness (QED) is 0.583. The first-order chi connectivity index (χ1) is 8.11. The standard InChI is InChI=1S/C13H13NO3/c1-9(14-11(15)7-8-12(14)16)13(17)10-5-3-2-4-6-10/h2-6,9H,7-8H2,1H3/t9-/m0/s1. The average molecular weight is 231 g/mol. The highest BCUT2D eigenvalue weighted by molar-refractivity contribution is 6.09. The van der Waals surface area contributed by atoms with Crippen molar-refractivity contribution in [3.8, 4) is 0 Å². The topological polar surface area (TPSA) is 54.5 Å². The maximum absolute atomic E-state index is 12.1. The van der Waals surface area contributed by atoms with Gasteiger partial charge in [0, 0.05) is 18.4 Å². The molecule has 0 unspecified atom stereocenters. The molecule has 0 spiro atoms. The van der Waals surface area contributed by atoms with Crippen LogP contribution in [-0.4, -0.2) is 28.5 Å². The van der Waals surface area contributed by atoms with Crippen LogP contribution in [-0.2, 0) is 9.59 Å². The summed E-state index contributed by atoms with van der Waals surface area (Å²) in [6.07, 6.45) is 0.427. The van der Waals surface area contributed by atoms with Gasteiger partial charge in [0.05, 0.1) is 6.04 Å². The van der Waals surface area contributed by atoms with Crippen LogP contribution in [0.4, 0.5) is 0 Å². The van der Waals surface area contributed by atoms with E-state index in [1.807, 2.05) is 6.07 Å². The number of hydrogen-bond donors (Lipinski definition) is 0. The number of imide groups is 1. The molecular weight excluding hydrogens is 218 g/mol. The molecule has 1 aliphatic rings. The van der Waals surface area contributed by atoms with Gasteiger partial charge in [-0.15, -0.1) is 0 Å². The Kier molecular flexibility index (Phi) is 3.04. The number of hydrogen-bond acceptors (Lipinski definition) is 3. The molecule has 0 saturated carbocycles. The fourth-order valence-corrected chi connectivity index (χ4v) is 1.99. The highest BCUT2D eigenvalue weighted by Crippen LogP contribution is 2.18. The zero-order valence-corrected chi connectivity index (χ0v) is 9.55. The molecule has 1 atom stereocenters. The van der Waals surface area contributed by atoms with Crippen molar-refractivity contribution >= 4 is 17.6 Å². The van der Waals surface area contributed by atoms with Gasteiger partial charge < -0.3 is 0 Å². The Balaban J connectivity index is 2.21. The van der Waals surface area contributed by atoms with Gasteiger partial charge in [0.15, 0.2) is 5.78 Å². The maximum atomic E-state index is 12.1. The first-order valence-corrected chi connectivity index (χ1v) is 5.55. The van der Waals surface area contributed by atoms with Crippen LogP contribution in [0.3, 0.4) is 0 Å². The molecule has 0 aliphatic carbocycles. The second-order valence-electron chi connectivity index (χ2n) is 4.06. The fourth-order valence-electron chi connectivity index (χ4n) is 1.99.